The third-order valence-electron chi connectivity index (χ3n) is 5.80. The molecule has 1 saturated heterocycles. The van der Waals surface area contributed by atoms with Crippen molar-refractivity contribution < 1.29 is 18.0 Å². The number of carbonyl (C=O) groups excluding carboxylic acids is 1. The Bertz CT molecular complexity index is 1170. The molecule has 0 saturated carbocycles. The normalized spacial score (nSPS) is 14.8. The second kappa shape index (κ2) is 8.58. The van der Waals surface area contributed by atoms with Gasteiger partial charge in [-0.1, -0.05) is 36.7 Å². The number of rotatable bonds is 3. The molecule has 0 atom stereocenters. The van der Waals surface area contributed by atoms with Crippen LogP contribution >= 0.6 is 11.6 Å². The van der Waals surface area contributed by atoms with Gasteiger partial charge in [0.2, 0.25) is 0 Å². The van der Waals surface area contributed by atoms with E-state index < -0.39 is 11.7 Å². The van der Waals surface area contributed by atoms with E-state index in [4.69, 9.17) is 11.6 Å². The van der Waals surface area contributed by atoms with E-state index in [0.29, 0.717) is 37.6 Å². The summed E-state index contributed by atoms with van der Waals surface area (Å²) in [6.07, 6.45) is -2.98. The van der Waals surface area contributed by atoms with Crippen molar-refractivity contribution in [3.63, 3.8) is 0 Å². The van der Waals surface area contributed by atoms with Gasteiger partial charge in [-0.25, -0.2) is 4.98 Å². The third-order valence-corrected chi connectivity index (χ3v) is 6.08. The van der Waals surface area contributed by atoms with Gasteiger partial charge in [-0.15, -0.1) is 0 Å². The lowest BCUT2D eigenvalue weighted by Crippen LogP contribution is -2.49. The van der Waals surface area contributed by atoms with Crippen molar-refractivity contribution in [2.45, 2.75) is 26.4 Å². The maximum Gasteiger partial charge on any atom is 0.417 e. The Morgan fingerprint density at radius 3 is 2.47 bits per heavy atom. The monoisotopic (exact) mass is 462 g/mol. The summed E-state index contributed by atoms with van der Waals surface area (Å²) in [7, 11) is 0. The van der Waals surface area contributed by atoms with Gasteiger partial charge < -0.3 is 9.80 Å². The number of aryl methyl sites for hydroxylation is 1. The first-order chi connectivity index (χ1) is 15.2. The predicted octanol–water partition coefficient (Wildman–Crippen LogP) is 5.14. The van der Waals surface area contributed by atoms with Gasteiger partial charge in [0.1, 0.15) is 5.82 Å². The molecule has 32 heavy (non-hydrogen) atoms. The molecule has 9 heteroatoms. The molecule has 168 valence electrons. The molecule has 0 N–H and O–H groups in total. The van der Waals surface area contributed by atoms with Crippen LogP contribution in [-0.4, -0.2) is 47.0 Å². The smallest absolute Gasteiger partial charge is 0.352 e. The van der Waals surface area contributed by atoms with Gasteiger partial charge in [-0.3, -0.25) is 9.78 Å². The van der Waals surface area contributed by atoms with Crippen LogP contribution in [0.2, 0.25) is 5.02 Å². The molecule has 3 heterocycles. The fourth-order valence-electron chi connectivity index (χ4n) is 4.08. The van der Waals surface area contributed by atoms with Crippen molar-refractivity contribution in [3.8, 4) is 0 Å². The Hall–Kier alpha value is -2.87. The van der Waals surface area contributed by atoms with Crippen LogP contribution in [0.4, 0.5) is 19.0 Å². The number of piperazine rings is 1. The van der Waals surface area contributed by atoms with Crippen molar-refractivity contribution >= 4 is 34.2 Å². The van der Waals surface area contributed by atoms with Gasteiger partial charge in [-0.05, 0) is 31.0 Å². The number of carbonyl (C=O) groups is 1. The summed E-state index contributed by atoms with van der Waals surface area (Å²) in [5.41, 5.74) is 2.34. The van der Waals surface area contributed by atoms with Crippen LogP contribution in [-0.2, 0) is 12.6 Å². The van der Waals surface area contributed by atoms with Crippen LogP contribution in [0.15, 0.2) is 36.5 Å². The summed E-state index contributed by atoms with van der Waals surface area (Å²) in [5, 5.41) is 0.769. The summed E-state index contributed by atoms with van der Waals surface area (Å²) in [5.74, 6) is 0.229. The fraction of sp³-hybridized carbons (Fsp3) is 0.348. The van der Waals surface area contributed by atoms with Crippen LogP contribution in [0, 0.1) is 6.92 Å². The van der Waals surface area contributed by atoms with Gasteiger partial charge in [0.25, 0.3) is 5.91 Å². The minimum atomic E-state index is -4.50. The number of amides is 1. The van der Waals surface area contributed by atoms with Gasteiger partial charge in [0.15, 0.2) is 0 Å². The topological polar surface area (TPSA) is 49.3 Å². The molecule has 0 unspecified atom stereocenters. The quantitative estimate of drug-likeness (QED) is 0.541. The maximum atomic E-state index is 13.5. The Kier molecular flexibility index (Phi) is 5.99. The van der Waals surface area contributed by atoms with E-state index in [1.165, 1.54) is 0 Å². The number of alkyl halides is 3. The number of anilines is 1. The molecule has 0 aliphatic carbocycles. The Labute approximate surface area is 188 Å². The summed E-state index contributed by atoms with van der Waals surface area (Å²) in [4.78, 5) is 25.7. The highest BCUT2D eigenvalue weighted by Crippen LogP contribution is 2.34. The van der Waals surface area contributed by atoms with E-state index in [-0.39, 0.29) is 10.9 Å². The Morgan fingerprint density at radius 2 is 1.84 bits per heavy atom. The zero-order valence-corrected chi connectivity index (χ0v) is 18.5. The first-order valence-corrected chi connectivity index (χ1v) is 10.7. The van der Waals surface area contributed by atoms with Gasteiger partial charge in [0.05, 0.1) is 21.7 Å². The number of para-hydroxylation sites is 1. The number of hydrogen-bond donors (Lipinski definition) is 0. The lowest BCUT2D eigenvalue weighted by atomic mass is 9.99. The molecule has 1 amide bonds. The number of hydrogen-bond acceptors (Lipinski definition) is 4. The highest BCUT2D eigenvalue weighted by molar-refractivity contribution is 6.33. The number of benzene rings is 1. The molecule has 1 aliphatic heterocycles. The van der Waals surface area contributed by atoms with E-state index in [1.54, 1.807) is 9.80 Å². The van der Waals surface area contributed by atoms with E-state index >= 15 is 0 Å². The molecule has 5 nitrogen and oxygen atoms in total. The summed E-state index contributed by atoms with van der Waals surface area (Å²) >= 11 is 6.09. The van der Waals surface area contributed by atoms with Crippen molar-refractivity contribution in [1.82, 2.24) is 14.9 Å². The second-order valence-electron chi connectivity index (χ2n) is 7.74. The largest absolute Gasteiger partial charge is 0.417 e. The number of aromatic nitrogens is 2. The summed E-state index contributed by atoms with van der Waals surface area (Å²) in [6.45, 7) is 5.61. The van der Waals surface area contributed by atoms with Crippen LogP contribution in [0.1, 0.15) is 34.1 Å². The first-order valence-electron chi connectivity index (χ1n) is 10.4. The standard InChI is InChI=1S/C23H22ClF3N4O/c1-3-18-14(2)20(16-6-4-5-7-19(16)29-18)22(32)31-10-8-30(9-11-31)21-17(24)12-15(13-28-21)23(25,26)27/h4-7,12-13H,3,8-11H2,1-2H3. The number of nitrogens with zero attached hydrogens (tertiary/aromatic N) is 4. The molecule has 3 aromatic rings. The number of pyridine rings is 2. The molecule has 2 aromatic heterocycles. The Morgan fingerprint density at radius 1 is 1.16 bits per heavy atom. The molecule has 1 fully saturated rings. The van der Waals surface area contributed by atoms with Gasteiger partial charge in [-0.2, -0.15) is 13.2 Å². The van der Waals surface area contributed by atoms with E-state index in [9.17, 15) is 18.0 Å². The molecule has 0 spiro atoms. The highest BCUT2D eigenvalue weighted by Gasteiger charge is 2.33. The van der Waals surface area contributed by atoms with Crippen LogP contribution in [0.5, 0.6) is 0 Å². The molecule has 0 bridgehead atoms. The minimum absolute atomic E-state index is 0.0526. The zero-order chi connectivity index (χ0) is 23.0. The fourth-order valence-corrected chi connectivity index (χ4v) is 4.36. The van der Waals surface area contributed by atoms with Crippen LogP contribution < -0.4 is 4.90 Å². The molecular formula is C23H22ClF3N4O. The average Bonchev–Trinajstić information content (AvgIpc) is 2.78. The average molecular weight is 463 g/mol. The van der Waals surface area contributed by atoms with Crippen LogP contribution in [0.25, 0.3) is 10.9 Å². The zero-order valence-electron chi connectivity index (χ0n) is 17.7. The van der Waals surface area contributed by atoms with Crippen molar-refractivity contribution in [2.75, 3.05) is 31.1 Å². The van der Waals surface area contributed by atoms with Crippen molar-refractivity contribution in [1.29, 1.82) is 0 Å². The van der Waals surface area contributed by atoms with Gasteiger partial charge in [0, 0.05) is 43.5 Å². The SMILES string of the molecule is CCc1nc2ccccc2c(C(=O)N2CCN(c3ncc(C(F)(F)F)cc3Cl)CC2)c1C. The number of halogens is 4. The van der Waals surface area contributed by atoms with E-state index in [2.05, 4.69) is 9.97 Å². The maximum absolute atomic E-state index is 13.5. The number of fused-ring (bicyclic) bond motifs is 1. The summed E-state index contributed by atoms with van der Waals surface area (Å²) < 4.78 is 38.6. The molecular weight excluding hydrogens is 441 g/mol. The van der Waals surface area contributed by atoms with Crippen molar-refractivity contribution in [3.05, 3.63) is 63.9 Å². The summed E-state index contributed by atoms with van der Waals surface area (Å²) in [6, 6.07) is 8.49. The molecule has 0 radical (unpaired) electrons. The lowest BCUT2D eigenvalue weighted by molar-refractivity contribution is -0.137. The van der Waals surface area contributed by atoms with E-state index in [0.717, 1.165) is 40.8 Å². The predicted molar refractivity (Wildman–Crippen MR) is 118 cm³/mol. The Balaban J connectivity index is 1.56. The van der Waals surface area contributed by atoms with Crippen LogP contribution in [0.3, 0.4) is 0 Å². The van der Waals surface area contributed by atoms with Crippen molar-refractivity contribution in [2.24, 2.45) is 0 Å². The highest BCUT2D eigenvalue weighted by atomic mass is 35.5. The molecule has 1 aliphatic rings. The molecule has 4 rings (SSSR count). The second-order valence-corrected chi connectivity index (χ2v) is 8.14. The first kappa shape index (κ1) is 22.3. The van der Waals surface area contributed by atoms with E-state index in [1.807, 2.05) is 38.1 Å². The third kappa shape index (κ3) is 4.11. The molecule has 1 aromatic carbocycles. The minimum Gasteiger partial charge on any atom is -0.352 e. The van der Waals surface area contributed by atoms with Gasteiger partial charge >= 0.3 is 6.18 Å². The lowest BCUT2D eigenvalue weighted by Gasteiger charge is -2.36.